The summed E-state index contributed by atoms with van der Waals surface area (Å²) in [5.74, 6) is -2.84. The lowest BCUT2D eigenvalue weighted by molar-refractivity contribution is -0.138. The van der Waals surface area contributed by atoms with Crippen molar-refractivity contribution < 1.29 is 38.4 Å². The Balaban J connectivity index is 2.21. The fourth-order valence-electron chi connectivity index (χ4n) is 3.86. The van der Waals surface area contributed by atoms with Crippen molar-refractivity contribution in [2.75, 3.05) is 12.3 Å². The smallest absolute Gasteiger partial charge is 0.414 e. The number of alkyl carbamates (subject to hydrolysis) is 2. The van der Waals surface area contributed by atoms with E-state index in [0.29, 0.717) is 12.8 Å². The number of benzene rings is 2. The first-order valence-electron chi connectivity index (χ1n) is 13.7. The van der Waals surface area contributed by atoms with Gasteiger partial charge >= 0.3 is 18.2 Å². The van der Waals surface area contributed by atoms with Crippen LogP contribution in [0.5, 0.6) is 0 Å². The number of aliphatic carboxylic acids is 1. The number of aliphatic imine (C=N–C) groups is 1. The van der Waals surface area contributed by atoms with E-state index >= 15 is 0 Å². The molecule has 42 heavy (non-hydrogen) atoms. The molecule has 11 nitrogen and oxygen atoms in total. The van der Waals surface area contributed by atoms with Gasteiger partial charge in [-0.3, -0.25) is 20.0 Å². The number of hydrogen-bond acceptors (Lipinski definition) is 7. The lowest BCUT2D eigenvalue weighted by Gasteiger charge is -2.22. The van der Waals surface area contributed by atoms with Gasteiger partial charge in [0.05, 0.1) is 11.6 Å². The molecule has 0 aliphatic carbocycles. The molecular weight excluding hydrogens is 561 g/mol. The summed E-state index contributed by atoms with van der Waals surface area (Å²) < 4.78 is 23.5. The molecule has 2 unspecified atom stereocenters. The van der Waals surface area contributed by atoms with Gasteiger partial charge in [-0.05, 0) is 84.1 Å². The molecule has 0 bridgehead atoms. The number of carboxylic acids is 1. The SMILES string of the molecule is CC(C)(C)OC(=O)NC(=Nc1cccc(C(CP(=O)(O)CCCCc2ccccc2)C(=O)O)c1)NC(=O)OC(C)(C)C. The summed E-state index contributed by atoms with van der Waals surface area (Å²) in [5.41, 5.74) is -0.0918. The Kier molecular flexibility index (Phi) is 12.3. The molecule has 0 fully saturated rings. The van der Waals surface area contributed by atoms with E-state index in [4.69, 9.17) is 9.47 Å². The number of unbranched alkanes of at least 4 members (excludes halogenated alkanes) is 1. The number of carbonyl (C=O) groups excluding carboxylic acids is 2. The second kappa shape index (κ2) is 15.0. The van der Waals surface area contributed by atoms with E-state index < -0.39 is 48.8 Å². The number of nitrogens with one attached hydrogen (secondary N) is 2. The highest BCUT2D eigenvalue weighted by Crippen LogP contribution is 2.46. The van der Waals surface area contributed by atoms with Crippen LogP contribution in [0.4, 0.5) is 15.3 Å². The van der Waals surface area contributed by atoms with Crippen molar-refractivity contribution in [3.63, 3.8) is 0 Å². The van der Waals surface area contributed by atoms with Crippen LogP contribution in [-0.4, -0.2) is 57.6 Å². The number of nitrogens with zero attached hydrogens (tertiary/aromatic N) is 1. The lowest BCUT2D eigenvalue weighted by atomic mass is 10.0. The van der Waals surface area contributed by atoms with E-state index in [2.05, 4.69) is 15.6 Å². The maximum Gasteiger partial charge on any atom is 0.414 e. The molecule has 0 aliphatic heterocycles. The van der Waals surface area contributed by atoms with Crippen molar-refractivity contribution in [2.45, 2.75) is 77.9 Å². The number of hydrogen-bond donors (Lipinski definition) is 4. The van der Waals surface area contributed by atoms with Crippen LogP contribution in [0.1, 0.15) is 71.4 Å². The molecule has 2 rings (SSSR count). The van der Waals surface area contributed by atoms with Crippen LogP contribution < -0.4 is 10.6 Å². The minimum Gasteiger partial charge on any atom is -0.481 e. The summed E-state index contributed by atoms with van der Waals surface area (Å²) >= 11 is 0. The van der Waals surface area contributed by atoms with E-state index in [1.54, 1.807) is 41.5 Å². The Labute approximate surface area is 247 Å². The molecule has 0 saturated carbocycles. The van der Waals surface area contributed by atoms with Gasteiger partial charge in [0.2, 0.25) is 13.3 Å². The number of guanidine groups is 1. The summed E-state index contributed by atoms with van der Waals surface area (Å²) in [6.07, 6.45) is -0.259. The largest absolute Gasteiger partial charge is 0.481 e. The molecule has 2 amide bonds. The van der Waals surface area contributed by atoms with Crippen LogP contribution in [0.2, 0.25) is 0 Å². The molecule has 2 aromatic carbocycles. The quantitative estimate of drug-likeness (QED) is 0.108. The second-order valence-electron chi connectivity index (χ2n) is 11.9. The van der Waals surface area contributed by atoms with Gasteiger partial charge < -0.3 is 19.5 Å². The number of carbonyl (C=O) groups is 3. The zero-order valence-corrected chi connectivity index (χ0v) is 25.9. The molecule has 2 atom stereocenters. The van der Waals surface area contributed by atoms with Gasteiger partial charge in [-0.1, -0.05) is 42.5 Å². The van der Waals surface area contributed by atoms with Gasteiger partial charge in [-0.2, -0.15) is 0 Å². The Morgan fingerprint density at radius 1 is 0.881 bits per heavy atom. The first kappa shape index (κ1) is 34.5. The van der Waals surface area contributed by atoms with E-state index in [9.17, 15) is 28.9 Å². The van der Waals surface area contributed by atoms with Gasteiger partial charge in [0.25, 0.3) is 0 Å². The van der Waals surface area contributed by atoms with Crippen molar-refractivity contribution in [1.82, 2.24) is 10.6 Å². The second-order valence-corrected chi connectivity index (χ2v) is 14.4. The van der Waals surface area contributed by atoms with E-state index in [-0.39, 0.29) is 23.4 Å². The molecular formula is C30H42N3O8P. The Morgan fingerprint density at radius 2 is 1.45 bits per heavy atom. The van der Waals surface area contributed by atoms with Gasteiger partial charge in [0.1, 0.15) is 11.2 Å². The Bertz CT molecular complexity index is 1270. The van der Waals surface area contributed by atoms with Crippen LogP contribution >= 0.6 is 7.37 Å². The first-order chi connectivity index (χ1) is 19.4. The number of rotatable bonds is 10. The van der Waals surface area contributed by atoms with Crippen LogP contribution in [0.25, 0.3) is 0 Å². The third-order valence-corrected chi connectivity index (χ3v) is 7.53. The van der Waals surface area contributed by atoms with Crippen molar-refractivity contribution in [3.05, 3.63) is 65.7 Å². The predicted octanol–water partition coefficient (Wildman–Crippen LogP) is 6.19. The molecule has 0 saturated heterocycles. The molecule has 0 aromatic heterocycles. The Hall–Kier alpha value is -3.69. The van der Waals surface area contributed by atoms with Gasteiger partial charge in [-0.25, -0.2) is 14.6 Å². The van der Waals surface area contributed by atoms with Crippen molar-refractivity contribution in [3.8, 4) is 0 Å². The van der Waals surface area contributed by atoms with Crippen LogP contribution in [0.3, 0.4) is 0 Å². The van der Waals surface area contributed by atoms with Crippen molar-refractivity contribution in [2.24, 2.45) is 4.99 Å². The highest BCUT2D eigenvalue weighted by Gasteiger charge is 2.30. The van der Waals surface area contributed by atoms with Crippen LogP contribution in [0, 0.1) is 0 Å². The number of amides is 2. The third kappa shape index (κ3) is 13.8. The molecule has 4 N–H and O–H groups in total. The minimum atomic E-state index is -3.77. The number of ether oxygens (including phenoxy) is 2. The fraction of sp³-hybridized carbons (Fsp3) is 0.467. The average Bonchev–Trinajstić information content (AvgIpc) is 2.83. The molecule has 230 valence electrons. The monoisotopic (exact) mass is 603 g/mol. The van der Waals surface area contributed by atoms with Gasteiger partial charge in [-0.15, -0.1) is 0 Å². The zero-order chi connectivity index (χ0) is 31.6. The maximum atomic E-state index is 13.0. The fourth-order valence-corrected chi connectivity index (χ4v) is 5.70. The van der Waals surface area contributed by atoms with Crippen molar-refractivity contribution >= 4 is 37.2 Å². The molecule has 0 heterocycles. The molecule has 0 aliphatic rings. The molecule has 12 heteroatoms. The normalized spacial score (nSPS) is 13.7. The molecule has 2 aromatic rings. The maximum absolute atomic E-state index is 13.0. The summed E-state index contributed by atoms with van der Waals surface area (Å²) in [6, 6.07) is 15.8. The first-order valence-corrected chi connectivity index (χ1v) is 15.7. The molecule has 0 radical (unpaired) electrons. The van der Waals surface area contributed by atoms with Crippen molar-refractivity contribution in [1.29, 1.82) is 0 Å². The highest BCUT2D eigenvalue weighted by molar-refractivity contribution is 7.58. The van der Waals surface area contributed by atoms with Gasteiger partial charge in [0, 0.05) is 12.3 Å². The minimum absolute atomic E-state index is 0.00518. The molecule has 0 spiro atoms. The third-order valence-electron chi connectivity index (χ3n) is 5.58. The van der Waals surface area contributed by atoms with E-state index in [0.717, 1.165) is 12.0 Å². The summed E-state index contributed by atoms with van der Waals surface area (Å²) in [5, 5.41) is 14.7. The topological polar surface area (TPSA) is 164 Å². The summed E-state index contributed by atoms with van der Waals surface area (Å²) in [4.78, 5) is 51.8. The van der Waals surface area contributed by atoms with Crippen LogP contribution in [0.15, 0.2) is 59.6 Å². The average molecular weight is 604 g/mol. The predicted molar refractivity (Wildman–Crippen MR) is 162 cm³/mol. The van der Waals surface area contributed by atoms with Gasteiger partial charge in [0.15, 0.2) is 0 Å². The summed E-state index contributed by atoms with van der Waals surface area (Å²) in [7, 11) is -3.77. The number of carboxylic acid groups (broad SMARTS) is 1. The zero-order valence-electron chi connectivity index (χ0n) is 25.0. The number of aryl methyl sites for hydroxylation is 1. The Morgan fingerprint density at radius 3 is 1.98 bits per heavy atom. The van der Waals surface area contributed by atoms with E-state index in [1.165, 1.54) is 24.3 Å². The van der Waals surface area contributed by atoms with E-state index in [1.807, 2.05) is 30.3 Å². The highest BCUT2D eigenvalue weighted by atomic mass is 31.2. The van der Waals surface area contributed by atoms with Crippen LogP contribution in [-0.2, 0) is 25.3 Å². The summed E-state index contributed by atoms with van der Waals surface area (Å²) in [6.45, 7) is 10.0. The standard InChI is InChI=1S/C30H42N3O8P/c1-29(2,3)40-27(36)32-26(33-28(37)41-30(4,5)6)31-23-17-12-16-22(19-23)24(25(34)35)20-42(38,39)18-11-10-15-21-13-8-7-9-14-21/h7-9,12-14,16-17,19,24H,10-11,15,18,20H2,1-6H3,(H,34,35)(H,38,39)(H2,31,32,33,36,37). The lowest BCUT2D eigenvalue weighted by Crippen LogP contribution is -2.47.